The summed E-state index contributed by atoms with van der Waals surface area (Å²) in [6.07, 6.45) is 3.44. The third-order valence-corrected chi connectivity index (χ3v) is 5.95. The van der Waals surface area contributed by atoms with E-state index in [2.05, 4.69) is 5.32 Å². The van der Waals surface area contributed by atoms with Crippen LogP contribution >= 0.6 is 0 Å². The summed E-state index contributed by atoms with van der Waals surface area (Å²) in [4.78, 5) is 37.9. The van der Waals surface area contributed by atoms with Crippen LogP contribution in [0.5, 0.6) is 0 Å². The van der Waals surface area contributed by atoms with Gasteiger partial charge in [0.1, 0.15) is 11.7 Å². The van der Waals surface area contributed by atoms with E-state index in [0.717, 1.165) is 17.7 Å². The van der Waals surface area contributed by atoms with Gasteiger partial charge in [-0.15, -0.1) is 0 Å². The van der Waals surface area contributed by atoms with Crippen molar-refractivity contribution in [3.63, 3.8) is 0 Å². The number of carbonyl (C=O) groups excluding carboxylic acids is 3. The van der Waals surface area contributed by atoms with Crippen molar-refractivity contribution in [2.75, 3.05) is 6.54 Å². The van der Waals surface area contributed by atoms with Crippen molar-refractivity contribution >= 4 is 17.8 Å². The zero-order valence-electron chi connectivity index (χ0n) is 15.3. The van der Waals surface area contributed by atoms with Crippen molar-refractivity contribution < 1.29 is 29.0 Å². The Hall–Kier alpha value is -1.80. The molecular formula is C19H27FN2O5. The maximum atomic E-state index is 13.2. The number of aliphatic hydroxyl groups excluding tert-OH is 2. The molecule has 0 aromatic rings. The molecule has 3 fully saturated rings. The van der Waals surface area contributed by atoms with Gasteiger partial charge >= 0.3 is 6.03 Å². The van der Waals surface area contributed by atoms with E-state index in [0.29, 0.717) is 32.1 Å². The summed E-state index contributed by atoms with van der Waals surface area (Å²) < 4.78 is 13.2. The fourth-order valence-corrected chi connectivity index (χ4v) is 4.19. The molecule has 1 aliphatic heterocycles. The molecule has 1 heterocycles. The minimum atomic E-state index is -0.884. The predicted molar refractivity (Wildman–Crippen MR) is 94.2 cm³/mol. The van der Waals surface area contributed by atoms with Gasteiger partial charge in [0.2, 0.25) is 0 Å². The molecule has 3 rings (SSSR count). The molecule has 4 amide bonds. The zero-order chi connectivity index (χ0) is 19.6. The van der Waals surface area contributed by atoms with Crippen molar-refractivity contribution in [3.8, 4) is 0 Å². The lowest BCUT2D eigenvalue weighted by Crippen LogP contribution is -2.54. The van der Waals surface area contributed by atoms with Crippen molar-refractivity contribution in [3.05, 3.63) is 11.6 Å². The van der Waals surface area contributed by atoms with Crippen LogP contribution in [-0.2, 0) is 9.59 Å². The smallest absolute Gasteiger partial charge is 0.331 e. The van der Waals surface area contributed by atoms with Crippen molar-refractivity contribution in [2.45, 2.75) is 69.7 Å². The number of hydrogen-bond donors (Lipinski definition) is 3. The molecule has 0 radical (unpaired) electrons. The normalized spacial score (nSPS) is 36.9. The number of nitrogens with one attached hydrogen (secondary N) is 1. The molecule has 0 bridgehead atoms. The number of imide groups is 2. The number of urea groups is 1. The Labute approximate surface area is 157 Å². The summed E-state index contributed by atoms with van der Waals surface area (Å²) in [6, 6.07) is -0.722. The molecule has 3 aliphatic rings. The van der Waals surface area contributed by atoms with E-state index in [1.54, 1.807) is 0 Å². The van der Waals surface area contributed by atoms with Gasteiger partial charge in [-0.3, -0.25) is 19.8 Å². The highest BCUT2D eigenvalue weighted by atomic mass is 19.1. The molecule has 8 heteroatoms. The maximum Gasteiger partial charge on any atom is 0.331 e. The molecule has 3 unspecified atom stereocenters. The Morgan fingerprint density at radius 3 is 2.41 bits per heavy atom. The van der Waals surface area contributed by atoms with Crippen LogP contribution in [0.1, 0.15) is 51.4 Å². The van der Waals surface area contributed by atoms with E-state index in [-0.39, 0.29) is 30.4 Å². The van der Waals surface area contributed by atoms with Crippen LogP contribution in [-0.4, -0.2) is 57.9 Å². The number of halogens is 1. The average Bonchev–Trinajstić information content (AvgIpc) is 2.63. The van der Waals surface area contributed by atoms with Gasteiger partial charge in [-0.2, -0.15) is 0 Å². The highest BCUT2D eigenvalue weighted by Gasteiger charge is 2.37. The quantitative estimate of drug-likeness (QED) is 0.504. The number of carbonyl (C=O) groups is 3. The second-order valence-corrected chi connectivity index (χ2v) is 7.91. The first-order valence-corrected chi connectivity index (χ1v) is 9.74. The fraction of sp³-hybridized carbons (Fsp3) is 0.737. The van der Waals surface area contributed by atoms with Gasteiger partial charge in [0.05, 0.1) is 12.2 Å². The summed E-state index contributed by atoms with van der Waals surface area (Å²) in [7, 11) is 0. The lowest BCUT2D eigenvalue weighted by Gasteiger charge is -2.31. The third-order valence-electron chi connectivity index (χ3n) is 5.95. The standard InChI is InChI=1S/C19H27FN2O5/c20-13-4-1-11(2-5-13)7-8-22-18(26)14(17(25)21-19(22)27)9-12-3-6-15(23)16(24)10-12/h9,11-13,15-16,23-24H,1-8,10H2,(H,21,25,27)/b14-9-. The third kappa shape index (κ3) is 4.73. The van der Waals surface area contributed by atoms with Gasteiger partial charge < -0.3 is 10.2 Å². The molecule has 27 heavy (non-hydrogen) atoms. The largest absolute Gasteiger partial charge is 0.390 e. The highest BCUT2D eigenvalue weighted by Crippen LogP contribution is 2.30. The van der Waals surface area contributed by atoms with Crippen LogP contribution in [0.15, 0.2) is 11.6 Å². The fourth-order valence-electron chi connectivity index (χ4n) is 4.19. The molecular weight excluding hydrogens is 355 g/mol. The van der Waals surface area contributed by atoms with Gasteiger partial charge in [-0.1, -0.05) is 6.08 Å². The highest BCUT2D eigenvalue weighted by molar-refractivity contribution is 6.28. The predicted octanol–water partition coefficient (Wildman–Crippen LogP) is 1.43. The summed E-state index contributed by atoms with van der Waals surface area (Å²) >= 11 is 0. The SMILES string of the molecule is O=C1NC(=O)N(CCC2CCC(F)CC2)C(=O)/C1=C\C1CCC(O)C(O)C1. The van der Waals surface area contributed by atoms with E-state index in [1.165, 1.54) is 6.08 Å². The monoisotopic (exact) mass is 382 g/mol. The van der Waals surface area contributed by atoms with Crippen LogP contribution in [0.3, 0.4) is 0 Å². The molecule has 2 saturated carbocycles. The van der Waals surface area contributed by atoms with Crippen LogP contribution in [0.2, 0.25) is 0 Å². The Morgan fingerprint density at radius 1 is 1.04 bits per heavy atom. The lowest BCUT2D eigenvalue weighted by molar-refractivity contribution is -0.130. The second-order valence-electron chi connectivity index (χ2n) is 7.91. The van der Waals surface area contributed by atoms with E-state index >= 15 is 0 Å². The van der Waals surface area contributed by atoms with Gasteiger partial charge in [-0.05, 0) is 63.2 Å². The zero-order valence-corrected chi connectivity index (χ0v) is 15.3. The summed E-state index contributed by atoms with van der Waals surface area (Å²) in [5.41, 5.74) is -0.0874. The van der Waals surface area contributed by atoms with E-state index in [1.807, 2.05) is 0 Å². The Morgan fingerprint density at radius 2 is 1.74 bits per heavy atom. The van der Waals surface area contributed by atoms with Gasteiger partial charge in [0, 0.05) is 6.54 Å². The van der Waals surface area contributed by atoms with Gasteiger partial charge in [-0.25, -0.2) is 9.18 Å². The first-order valence-electron chi connectivity index (χ1n) is 9.74. The number of aliphatic hydroxyl groups is 2. The number of amides is 4. The molecule has 2 aliphatic carbocycles. The van der Waals surface area contributed by atoms with Crippen molar-refractivity contribution in [1.29, 1.82) is 0 Å². The number of hydrogen-bond acceptors (Lipinski definition) is 5. The van der Waals surface area contributed by atoms with E-state index in [4.69, 9.17) is 0 Å². The summed E-state index contributed by atoms with van der Waals surface area (Å²) in [5.74, 6) is -1.27. The molecule has 0 aromatic carbocycles. The molecule has 0 spiro atoms. The summed E-state index contributed by atoms with van der Waals surface area (Å²) in [6.45, 7) is 0.197. The molecule has 150 valence electrons. The van der Waals surface area contributed by atoms with Crippen LogP contribution in [0, 0.1) is 11.8 Å². The van der Waals surface area contributed by atoms with E-state index < -0.39 is 36.2 Å². The Balaban J connectivity index is 1.63. The lowest BCUT2D eigenvalue weighted by atomic mass is 9.84. The maximum absolute atomic E-state index is 13.2. The molecule has 7 nitrogen and oxygen atoms in total. The molecule has 1 saturated heterocycles. The van der Waals surface area contributed by atoms with Crippen LogP contribution in [0.4, 0.5) is 9.18 Å². The Bertz CT molecular complexity index is 630. The van der Waals surface area contributed by atoms with Crippen molar-refractivity contribution in [2.24, 2.45) is 11.8 Å². The van der Waals surface area contributed by atoms with Crippen LogP contribution < -0.4 is 5.32 Å². The first-order chi connectivity index (χ1) is 12.8. The first kappa shape index (κ1) is 19.9. The molecule has 3 atom stereocenters. The Kier molecular flexibility index (Phi) is 6.26. The minimum Gasteiger partial charge on any atom is -0.390 e. The topological polar surface area (TPSA) is 107 Å². The summed E-state index contributed by atoms with van der Waals surface area (Å²) in [5, 5.41) is 21.6. The van der Waals surface area contributed by atoms with Crippen LogP contribution in [0.25, 0.3) is 0 Å². The minimum absolute atomic E-state index is 0.0874. The average molecular weight is 382 g/mol. The van der Waals surface area contributed by atoms with Crippen molar-refractivity contribution in [1.82, 2.24) is 10.2 Å². The number of barbiturate groups is 1. The number of allylic oxidation sites excluding steroid dienone is 1. The van der Waals surface area contributed by atoms with Gasteiger partial charge in [0.15, 0.2) is 0 Å². The number of nitrogens with zero attached hydrogens (tertiary/aromatic N) is 1. The number of alkyl halides is 1. The van der Waals surface area contributed by atoms with E-state index in [9.17, 15) is 29.0 Å². The van der Waals surface area contributed by atoms with Gasteiger partial charge in [0.25, 0.3) is 11.8 Å². The molecule has 3 N–H and O–H groups in total. The second kappa shape index (κ2) is 8.48. The molecule has 0 aromatic heterocycles. The number of rotatable bonds is 4.